The van der Waals surface area contributed by atoms with Crippen molar-refractivity contribution >= 4 is 51.4 Å². The van der Waals surface area contributed by atoms with E-state index in [4.69, 9.17) is 11.6 Å². The molecule has 2 aromatic rings. The van der Waals surface area contributed by atoms with E-state index in [0.717, 1.165) is 9.47 Å². The molecule has 0 radical (unpaired) electrons. The summed E-state index contributed by atoms with van der Waals surface area (Å²) in [6.07, 6.45) is 0. The maximum atomic E-state index is 12.1. The molecule has 1 heterocycles. The van der Waals surface area contributed by atoms with Crippen LogP contribution in [0.5, 0.6) is 0 Å². The van der Waals surface area contributed by atoms with E-state index in [1.165, 1.54) is 23.1 Å². The predicted octanol–water partition coefficient (Wildman–Crippen LogP) is 3.35. The molecular formula is C12H13ClN4OS2. The van der Waals surface area contributed by atoms with Gasteiger partial charge < -0.3 is 10.6 Å². The predicted molar refractivity (Wildman–Crippen MR) is 84.9 cm³/mol. The second kappa shape index (κ2) is 6.92. The van der Waals surface area contributed by atoms with Crippen LogP contribution < -0.4 is 10.6 Å². The highest BCUT2D eigenvalue weighted by atomic mass is 35.5. The van der Waals surface area contributed by atoms with Gasteiger partial charge in [0.25, 0.3) is 0 Å². The van der Waals surface area contributed by atoms with E-state index in [1.54, 1.807) is 19.2 Å². The van der Waals surface area contributed by atoms with Gasteiger partial charge in [-0.2, -0.15) is 0 Å². The molecule has 0 saturated carbocycles. The molecule has 5 nitrogen and oxygen atoms in total. The van der Waals surface area contributed by atoms with E-state index in [-0.39, 0.29) is 11.2 Å². The van der Waals surface area contributed by atoms with Crippen LogP contribution in [0.2, 0.25) is 5.02 Å². The second-order valence-corrected chi connectivity index (χ2v) is 6.82. The van der Waals surface area contributed by atoms with Crippen LogP contribution in [0, 0.1) is 0 Å². The zero-order valence-electron chi connectivity index (χ0n) is 10.9. The number of anilines is 2. The average molecular weight is 329 g/mol. The molecule has 1 aromatic heterocycles. The molecule has 0 saturated heterocycles. The highest BCUT2D eigenvalue weighted by Crippen LogP contribution is 2.29. The Balaban J connectivity index is 1.97. The number of para-hydroxylation sites is 1. The number of thioether (sulfide) groups is 1. The Labute approximate surface area is 130 Å². The fraction of sp³-hybridized carbons (Fsp3) is 0.250. The van der Waals surface area contributed by atoms with Crippen LogP contribution in [0.3, 0.4) is 0 Å². The van der Waals surface area contributed by atoms with Crippen molar-refractivity contribution in [3.8, 4) is 0 Å². The van der Waals surface area contributed by atoms with Crippen LogP contribution in [0.25, 0.3) is 0 Å². The van der Waals surface area contributed by atoms with Crippen LogP contribution in [0.15, 0.2) is 28.6 Å². The Hall–Kier alpha value is -1.31. The van der Waals surface area contributed by atoms with E-state index in [9.17, 15) is 4.79 Å². The number of carbonyl (C=O) groups is 1. The minimum atomic E-state index is -0.288. The van der Waals surface area contributed by atoms with Crippen LogP contribution in [0.1, 0.15) is 6.92 Å². The van der Waals surface area contributed by atoms with Crippen LogP contribution >= 0.6 is 34.7 Å². The highest BCUT2D eigenvalue weighted by Gasteiger charge is 2.17. The fourth-order valence-corrected chi connectivity index (χ4v) is 3.39. The molecule has 106 valence electrons. The number of hydrogen-bond acceptors (Lipinski definition) is 6. The second-order valence-electron chi connectivity index (χ2n) is 3.85. The lowest BCUT2D eigenvalue weighted by atomic mass is 10.3. The summed E-state index contributed by atoms with van der Waals surface area (Å²) in [5.41, 5.74) is 0.611. The summed E-state index contributed by atoms with van der Waals surface area (Å²) in [7, 11) is 1.78. The lowest BCUT2D eigenvalue weighted by Gasteiger charge is -2.11. The molecule has 1 aromatic carbocycles. The third kappa shape index (κ3) is 3.84. The Bertz CT molecular complexity index is 605. The summed E-state index contributed by atoms with van der Waals surface area (Å²) >= 11 is 8.78. The van der Waals surface area contributed by atoms with E-state index < -0.39 is 0 Å². The lowest BCUT2D eigenvalue weighted by Crippen LogP contribution is -2.22. The van der Waals surface area contributed by atoms with Gasteiger partial charge in [0.1, 0.15) is 0 Å². The average Bonchev–Trinajstić information content (AvgIpc) is 2.89. The Morgan fingerprint density at radius 1 is 1.40 bits per heavy atom. The van der Waals surface area contributed by atoms with E-state index in [2.05, 4.69) is 20.8 Å². The monoisotopic (exact) mass is 328 g/mol. The SMILES string of the molecule is CNc1nnc(S[C@@H](C)C(=O)Nc2ccccc2Cl)s1. The highest BCUT2D eigenvalue weighted by molar-refractivity contribution is 8.02. The van der Waals surface area contributed by atoms with Crippen molar-refractivity contribution in [2.45, 2.75) is 16.5 Å². The molecule has 2 N–H and O–H groups in total. The Kier molecular flexibility index (Phi) is 5.22. The van der Waals surface area contributed by atoms with Gasteiger partial charge in [-0.15, -0.1) is 10.2 Å². The van der Waals surface area contributed by atoms with Crippen molar-refractivity contribution in [1.29, 1.82) is 0 Å². The third-order valence-electron chi connectivity index (χ3n) is 2.40. The maximum Gasteiger partial charge on any atom is 0.237 e. The summed E-state index contributed by atoms with van der Waals surface area (Å²) in [6, 6.07) is 7.14. The molecule has 0 bridgehead atoms. The first-order chi connectivity index (χ1) is 9.60. The Morgan fingerprint density at radius 2 is 2.15 bits per heavy atom. The molecule has 2 rings (SSSR count). The molecule has 1 amide bonds. The number of benzene rings is 1. The van der Waals surface area contributed by atoms with Crippen LogP contribution in [0.4, 0.5) is 10.8 Å². The number of amides is 1. The van der Waals surface area contributed by atoms with Crippen molar-refractivity contribution in [1.82, 2.24) is 10.2 Å². The number of hydrogen-bond donors (Lipinski definition) is 2. The molecule has 20 heavy (non-hydrogen) atoms. The molecule has 0 aliphatic rings. The number of carbonyl (C=O) groups excluding carboxylic acids is 1. The summed E-state index contributed by atoms with van der Waals surface area (Å²) in [5, 5.41) is 14.6. The molecule has 1 atom stereocenters. The zero-order valence-corrected chi connectivity index (χ0v) is 13.3. The van der Waals surface area contributed by atoms with Gasteiger partial charge in [-0.3, -0.25) is 4.79 Å². The first kappa shape index (κ1) is 15.1. The van der Waals surface area contributed by atoms with Crippen molar-refractivity contribution in [3.63, 3.8) is 0 Å². The van der Waals surface area contributed by atoms with Gasteiger partial charge in [0.15, 0.2) is 4.34 Å². The molecule has 0 fully saturated rings. The van der Waals surface area contributed by atoms with Crippen molar-refractivity contribution in [3.05, 3.63) is 29.3 Å². The first-order valence-electron chi connectivity index (χ1n) is 5.83. The van der Waals surface area contributed by atoms with Crippen molar-refractivity contribution < 1.29 is 4.79 Å². The van der Waals surface area contributed by atoms with Gasteiger partial charge in [-0.05, 0) is 19.1 Å². The minimum absolute atomic E-state index is 0.121. The van der Waals surface area contributed by atoms with E-state index in [0.29, 0.717) is 10.7 Å². The number of halogens is 1. The number of aromatic nitrogens is 2. The quantitative estimate of drug-likeness (QED) is 0.824. The van der Waals surface area contributed by atoms with Gasteiger partial charge in [-0.25, -0.2) is 0 Å². The van der Waals surface area contributed by atoms with Gasteiger partial charge in [-0.1, -0.05) is 46.8 Å². The molecular weight excluding hydrogens is 316 g/mol. The minimum Gasteiger partial charge on any atom is -0.363 e. The molecule has 8 heteroatoms. The lowest BCUT2D eigenvalue weighted by molar-refractivity contribution is -0.115. The molecule has 0 aliphatic heterocycles. The Morgan fingerprint density at radius 3 is 2.80 bits per heavy atom. The van der Waals surface area contributed by atoms with Gasteiger partial charge in [0.05, 0.1) is 16.0 Å². The number of rotatable bonds is 5. The summed E-state index contributed by atoms with van der Waals surface area (Å²) in [5.74, 6) is -0.121. The van der Waals surface area contributed by atoms with E-state index >= 15 is 0 Å². The molecule has 0 unspecified atom stereocenters. The van der Waals surface area contributed by atoms with Gasteiger partial charge in [0, 0.05) is 7.05 Å². The first-order valence-corrected chi connectivity index (χ1v) is 7.91. The smallest absolute Gasteiger partial charge is 0.237 e. The van der Waals surface area contributed by atoms with Crippen molar-refractivity contribution in [2.24, 2.45) is 0 Å². The van der Waals surface area contributed by atoms with Crippen LogP contribution in [-0.4, -0.2) is 28.4 Å². The van der Waals surface area contributed by atoms with Crippen LogP contribution in [-0.2, 0) is 4.79 Å². The zero-order chi connectivity index (χ0) is 14.5. The normalized spacial score (nSPS) is 11.9. The summed E-state index contributed by atoms with van der Waals surface area (Å²) in [4.78, 5) is 12.1. The van der Waals surface area contributed by atoms with Crippen molar-refractivity contribution in [2.75, 3.05) is 17.7 Å². The van der Waals surface area contributed by atoms with E-state index in [1.807, 2.05) is 19.1 Å². The standard InChI is InChI=1S/C12H13ClN4OS2/c1-7(19-12-17-16-11(14-2)20-12)10(18)15-9-6-4-3-5-8(9)13/h3-7H,1-2H3,(H,14,16)(H,15,18)/t7-/m0/s1. The maximum absolute atomic E-state index is 12.1. The molecule has 0 aliphatic carbocycles. The summed E-state index contributed by atoms with van der Waals surface area (Å²) < 4.78 is 0.746. The largest absolute Gasteiger partial charge is 0.363 e. The van der Waals surface area contributed by atoms with Gasteiger partial charge in [0.2, 0.25) is 11.0 Å². The number of nitrogens with one attached hydrogen (secondary N) is 2. The third-order valence-corrected chi connectivity index (χ3v) is 4.85. The van der Waals surface area contributed by atoms with Gasteiger partial charge >= 0.3 is 0 Å². The topological polar surface area (TPSA) is 66.9 Å². The summed E-state index contributed by atoms with van der Waals surface area (Å²) in [6.45, 7) is 1.82. The fourth-order valence-electron chi connectivity index (χ4n) is 1.36. The number of nitrogens with zero attached hydrogens (tertiary/aromatic N) is 2. The molecule has 0 spiro atoms.